The molecule has 1 unspecified atom stereocenters. The fourth-order valence-corrected chi connectivity index (χ4v) is 1.56. The highest BCUT2D eigenvalue weighted by atomic mass is 19.4. The van der Waals surface area contributed by atoms with Crippen LogP contribution in [-0.4, -0.2) is 50.1 Å². The fourth-order valence-electron chi connectivity index (χ4n) is 1.56. The van der Waals surface area contributed by atoms with Crippen LogP contribution in [0.5, 0.6) is 5.88 Å². The largest absolute Gasteiger partial charge is 0.482 e. The third-order valence-electron chi connectivity index (χ3n) is 2.74. The predicted octanol–water partition coefficient (Wildman–Crippen LogP) is 2.58. The number of H-pyrrole nitrogens is 1. The molecule has 0 bridgehead atoms. The van der Waals surface area contributed by atoms with Crippen LogP contribution in [0.2, 0.25) is 0 Å². The van der Waals surface area contributed by atoms with Crippen molar-refractivity contribution in [3.05, 3.63) is 11.8 Å². The molecule has 0 aromatic carbocycles. The van der Waals surface area contributed by atoms with E-state index in [1.807, 2.05) is 0 Å². The van der Waals surface area contributed by atoms with Crippen molar-refractivity contribution >= 4 is 11.7 Å². The van der Waals surface area contributed by atoms with Crippen molar-refractivity contribution < 1.29 is 32.2 Å². The maximum atomic E-state index is 12.3. The lowest BCUT2D eigenvalue weighted by atomic mass is 10.3. The molecule has 0 saturated carbocycles. The number of aromatic nitrogens is 1. The number of hydrogen-bond acceptors (Lipinski definition) is 5. The van der Waals surface area contributed by atoms with Crippen LogP contribution in [0.4, 0.5) is 18.9 Å². The molecule has 0 fully saturated rings. The topological polar surface area (TPSA) is 72.6 Å². The average molecular weight is 324 g/mol. The number of hydrogen-bond donors (Lipinski definition) is 2. The van der Waals surface area contributed by atoms with Gasteiger partial charge in [-0.2, -0.15) is 13.2 Å². The minimum atomic E-state index is -4.40. The molecule has 0 aliphatic rings. The number of carbonyl (C=O) groups excluding carboxylic acids is 1. The monoisotopic (exact) mass is 324 g/mol. The SMILES string of the molecule is CCOC(=O)c1[nH]c(OC)cc1NCCOC(C)C(F)(F)F. The van der Waals surface area contributed by atoms with Gasteiger partial charge in [0.2, 0.25) is 0 Å². The molecule has 1 aromatic heterocycles. The molecule has 0 aliphatic carbocycles. The first-order valence-electron chi connectivity index (χ1n) is 6.65. The Balaban J connectivity index is 2.58. The Hall–Kier alpha value is -1.90. The first-order valence-corrected chi connectivity index (χ1v) is 6.65. The fraction of sp³-hybridized carbons (Fsp3) is 0.615. The van der Waals surface area contributed by atoms with Crippen LogP contribution >= 0.6 is 0 Å². The van der Waals surface area contributed by atoms with Crippen LogP contribution in [0, 0.1) is 0 Å². The lowest BCUT2D eigenvalue weighted by Crippen LogP contribution is -2.30. The number of rotatable bonds is 8. The number of ether oxygens (including phenoxy) is 3. The molecule has 1 rings (SSSR count). The second kappa shape index (κ2) is 7.92. The van der Waals surface area contributed by atoms with Gasteiger partial charge in [0.1, 0.15) is 0 Å². The maximum Gasteiger partial charge on any atom is 0.414 e. The molecule has 9 heteroatoms. The van der Waals surface area contributed by atoms with Crippen LogP contribution in [0.1, 0.15) is 24.3 Å². The Kier molecular flexibility index (Phi) is 6.54. The molecule has 1 heterocycles. The molecule has 0 radical (unpaired) electrons. The molecule has 0 saturated heterocycles. The number of aromatic amines is 1. The number of carbonyl (C=O) groups is 1. The van der Waals surface area contributed by atoms with E-state index in [1.54, 1.807) is 6.92 Å². The Labute approximate surface area is 125 Å². The number of halogens is 3. The van der Waals surface area contributed by atoms with Gasteiger partial charge in [0.15, 0.2) is 17.7 Å². The van der Waals surface area contributed by atoms with E-state index in [0.717, 1.165) is 6.92 Å². The van der Waals surface area contributed by atoms with Gasteiger partial charge in [0, 0.05) is 12.6 Å². The Morgan fingerprint density at radius 1 is 1.45 bits per heavy atom. The molecule has 126 valence electrons. The summed E-state index contributed by atoms with van der Waals surface area (Å²) in [6, 6.07) is 1.51. The van der Waals surface area contributed by atoms with Gasteiger partial charge in [-0.15, -0.1) is 0 Å². The van der Waals surface area contributed by atoms with Crippen molar-refractivity contribution in [2.75, 3.05) is 32.2 Å². The molecule has 22 heavy (non-hydrogen) atoms. The molecule has 1 aromatic rings. The van der Waals surface area contributed by atoms with E-state index in [-0.39, 0.29) is 25.5 Å². The molecular weight excluding hydrogens is 305 g/mol. The van der Waals surface area contributed by atoms with Crippen LogP contribution < -0.4 is 10.1 Å². The molecule has 1 atom stereocenters. The summed E-state index contributed by atoms with van der Waals surface area (Å²) in [5, 5.41) is 2.81. The van der Waals surface area contributed by atoms with Gasteiger partial charge in [-0.1, -0.05) is 0 Å². The van der Waals surface area contributed by atoms with Gasteiger partial charge in [0.05, 0.1) is 26.0 Å². The van der Waals surface area contributed by atoms with E-state index >= 15 is 0 Å². The first-order chi connectivity index (χ1) is 10.3. The lowest BCUT2D eigenvalue weighted by Gasteiger charge is -2.16. The van der Waals surface area contributed by atoms with Crippen LogP contribution in [0.15, 0.2) is 6.07 Å². The molecule has 0 spiro atoms. The summed E-state index contributed by atoms with van der Waals surface area (Å²) in [6.45, 7) is 2.72. The summed E-state index contributed by atoms with van der Waals surface area (Å²) >= 11 is 0. The lowest BCUT2D eigenvalue weighted by molar-refractivity contribution is -0.213. The highest BCUT2D eigenvalue weighted by molar-refractivity contribution is 5.94. The number of anilines is 1. The maximum absolute atomic E-state index is 12.3. The molecule has 0 amide bonds. The van der Waals surface area contributed by atoms with Gasteiger partial charge < -0.3 is 24.5 Å². The van der Waals surface area contributed by atoms with E-state index in [2.05, 4.69) is 15.0 Å². The third-order valence-corrected chi connectivity index (χ3v) is 2.74. The normalized spacial score (nSPS) is 12.8. The molecular formula is C13H19F3N2O4. The smallest absolute Gasteiger partial charge is 0.414 e. The van der Waals surface area contributed by atoms with E-state index in [1.165, 1.54) is 13.2 Å². The van der Waals surface area contributed by atoms with Crippen molar-refractivity contribution in [2.24, 2.45) is 0 Å². The first kappa shape index (κ1) is 18.1. The highest BCUT2D eigenvalue weighted by Crippen LogP contribution is 2.24. The summed E-state index contributed by atoms with van der Waals surface area (Å²) < 4.78 is 51.3. The average Bonchev–Trinajstić information content (AvgIpc) is 2.86. The Morgan fingerprint density at radius 3 is 2.68 bits per heavy atom. The van der Waals surface area contributed by atoms with E-state index < -0.39 is 18.2 Å². The van der Waals surface area contributed by atoms with E-state index in [0.29, 0.717) is 11.6 Å². The number of nitrogens with one attached hydrogen (secondary N) is 2. The van der Waals surface area contributed by atoms with Crippen LogP contribution in [-0.2, 0) is 9.47 Å². The number of esters is 1. The number of methoxy groups -OCH3 is 1. The van der Waals surface area contributed by atoms with Crippen LogP contribution in [0.25, 0.3) is 0 Å². The zero-order chi connectivity index (χ0) is 16.8. The quantitative estimate of drug-likeness (QED) is 0.568. The second-order valence-electron chi connectivity index (χ2n) is 4.33. The Morgan fingerprint density at radius 2 is 2.14 bits per heavy atom. The predicted molar refractivity (Wildman–Crippen MR) is 73.3 cm³/mol. The van der Waals surface area contributed by atoms with Gasteiger partial charge >= 0.3 is 12.1 Å². The van der Waals surface area contributed by atoms with Crippen molar-refractivity contribution in [2.45, 2.75) is 26.1 Å². The highest BCUT2D eigenvalue weighted by Gasteiger charge is 2.36. The minimum Gasteiger partial charge on any atom is -0.482 e. The summed E-state index contributed by atoms with van der Waals surface area (Å²) in [7, 11) is 1.42. The van der Waals surface area contributed by atoms with Gasteiger partial charge in [-0.05, 0) is 13.8 Å². The van der Waals surface area contributed by atoms with Crippen molar-refractivity contribution in [3.63, 3.8) is 0 Å². The molecule has 6 nitrogen and oxygen atoms in total. The minimum absolute atomic E-state index is 0.0911. The van der Waals surface area contributed by atoms with Crippen molar-refractivity contribution in [3.8, 4) is 5.88 Å². The van der Waals surface area contributed by atoms with Gasteiger partial charge in [-0.25, -0.2) is 4.79 Å². The van der Waals surface area contributed by atoms with Crippen molar-refractivity contribution in [1.82, 2.24) is 4.98 Å². The second-order valence-corrected chi connectivity index (χ2v) is 4.33. The number of alkyl halides is 3. The van der Waals surface area contributed by atoms with Gasteiger partial charge in [-0.3, -0.25) is 0 Å². The summed E-state index contributed by atoms with van der Waals surface area (Å²) in [4.78, 5) is 14.4. The zero-order valence-electron chi connectivity index (χ0n) is 12.5. The van der Waals surface area contributed by atoms with E-state index in [9.17, 15) is 18.0 Å². The van der Waals surface area contributed by atoms with Crippen LogP contribution in [0.3, 0.4) is 0 Å². The zero-order valence-corrected chi connectivity index (χ0v) is 12.5. The summed E-state index contributed by atoms with van der Waals surface area (Å²) in [5.41, 5.74) is 0.515. The third kappa shape index (κ3) is 5.14. The summed E-state index contributed by atoms with van der Waals surface area (Å²) in [6.07, 6.45) is -6.24. The standard InChI is InChI=1S/C13H19F3N2O4/c1-4-21-12(19)11-9(7-10(18-11)20-3)17-5-6-22-8(2)13(14,15)16/h7-8,17-18H,4-6H2,1-3H3. The van der Waals surface area contributed by atoms with Crippen molar-refractivity contribution in [1.29, 1.82) is 0 Å². The summed E-state index contributed by atoms with van der Waals surface area (Å²) in [5.74, 6) is -0.256. The molecule has 2 N–H and O–H groups in total. The Bertz CT molecular complexity index is 488. The van der Waals surface area contributed by atoms with E-state index in [4.69, 9.17) is 9.47 Å². The molecule has 0 aliphatic heterocycles. The van der Waals surface area contributed by atoms with Gasteiger partial charge in [0.25, 0.3) is 0 Å².